The summed E-state index contributed by atoms with van der Waals surface area (Å²) in [4.78, 5) is 45.2. The lowest BCUT2D eigenvalue weighted by Crippen LogP contribution is -2.55. The Hall–Kier alpha value is -3.45. The Bertz CT molecular complexity index is 1360. The molecule has 2 bridgehead atoms. The van der Waals surface area contributed by atoms with Crippen molar-refractivity contribution in [2.24, 2.45) is 5.73 Å². The predicted molar refractivity (Wildman–Crippen MR) is 120 cm³/mol. The molecule has 0 saturated carbocycles. The van der Waals surface area contributed by atoms with Crippen LogP contribution in [-0.2, 0) is 11.4 Å². The normalized spacial score (nSPS) is 29.5. The molecule has 3 N–H and O–H groups in total. The van der Waals surface area contributed by atoms with Crippen LogP contribution in [0.1, 0.15) is 59.1 Å². The van der Waals surface area contributed by atoms with Gasteiger partial charge in [0, 0.05) is 36.5 Å². The minimum atomic E-state index is -1.77. The zero-order valence-electron chi connectivity index (χ0n) is 19.9. The minimum absolute atomic E-state index is 0.0528. The highest BCUT2D eigenvalue weighted by Crippen LogP contribution is 2.50. The predicted octanol–water partition coefficient (Wildman–Crippen LogP) is 2.16. The van der Waals surface area contributed by atoms with Gasteiger partial charge in [-0.2, -0.15) is 5.06 Å². The molecule has 0 aliphatic carbocycles. The molecular formula is C24H24F4N4O5. The molecule has 3 aliphatic rings. The third kappa shape index (κ3) is 3.62. The van der Waals surface area contributed by atoms with Crippen LogP contribution in [0.15, 0.2) is 23.1 Å². The standard InChI is InChI=1S/C24H24F4N4O5/c1-10-3-4-24(21(28)11(2)32(37-24)8-13-15(26)5-12(25)6-16(13)27)17-9-30(10)23(36)18-20(34)19(33)14(22(29)35)7-31(17)18/h5-7,10-11,17,21,34H,3-4,8-9H2,1-2H3,(H2,29,35)/t10-,11?,17+,21-,24+/m0/s1. The summed E-state index contributed by atoms with van der Waals surface area (Å²) in [5.74, 6) is -6.24. The van der Waals surface area contributed by atoms with Crippen molar-refractivity contribution in [3.63, 3.8) is 0 Å². The van der Waals surface area contributed by atoms with Crippen LogP contribution >= 0.6 is 0 Å². The van der Waals surface area contributed by atoms with Crippen molar-refractivity contribution in [1.82, 2.24) is 14.5 Å². The average Bonchev–Trinajstić information content (AvgIpc) is 2.98. The number of aromatic nitrogens is 1. The first-order valence-corrected chi connectivity index (χ1v) is 11.7. The van der Waals surface area contributed by atoms with E-state index in [1.807, 2.05) is 0 Å². The SMILES string of the molecule is CC1[C@H](F)[C@]2(CC[C@H](C)N3C[C@H]2n2cc(C(N)=O)c(=O)c(O)c2C3=O)ON1Cc1c(F)cc(F)cc1F. The fourth-order valence-electron chi connectivity index (χ4n) is 5.66. The molecule has 1 aromatic heterocycles. The second kappa shape index (κ2) is 8.55. The van der Waals surface area contributed by atoms with Gasteiger partial charge in [-0.05, 0) is 26.7 Å². The Morgan fingerprint density at radius 3 is 2.49 bits per heavy atom. The van der Waals surface area contributed by atoms with Gasteiger partial charge in [-0.3, -0.25) is 19.2 Å². The van der Waals surface area contributed by atoms with E-state index in [4.69, 9.17) is 10.6 Å². The topological polar surface area (TPSA) is 118 Å². The number of hydroxylamine groups is 2. The number of nitrogens with zero attached hydrogens (tertiary/aromatic N) is 3. The monoisotopic (exact) mass is 524 g/mol. The van der Waals surface area contributed by atoms with Crippen LogP contribution in [-0.4, -0.2) is 61.9 Å². The molecular weight excluding hydrogens is 500 g/mol. The van der Waals surface area contributed by atoms with Gasteiger partial charge >= 0.3 is 0 Å². The highest BCUT2D eigenvalue weighted by atomic mass is 19.1. The van der Waals surface area contributed by atoms with Gasteiger partial charge in [-0.15, -0.1) is 0 Å². The number of halogens is 4. The maximum atomic E-state index is 16.3. The first-order chi connectivity index (χ1) is 17.4. The van der Waals surface area contributed by atoms with Gasteiger partial charge in [-0.25, -0.2) is 17.6 Å². The van der Waals surface area contributed by atoms with Crippen molar-refractivity contribution in [2.75, 3.05) is 6.54 Å². The van der Waals surface area contributed by atoms with Crippen molar-refractivity contribution in [2.45, 2.75) is 63.1 Å². The molecule has 37 heavy (non-hydrogen) atoms. The molecule has 9 nitrogen and oxygen atoms in total. The Labute approximate surface area is 208 Å². The van der Waals surface area contributed by atoms with Gasteiger partial charge < -0.3 is 20.3 Å². The van der Waals surface area contributed by atoms with E-state index < -0.39 is 93.7 Å². The van der Waals surface area contributed by atoms with Crippen LogP contribution in [0.5, 0.6) is 5.75 Å². The van der Waals surface area contributed by atoms with Gasteiger partial charge in [-0.1, -0.05) is 0 Å². The molecule has 2 fully saturated rings. The maximum absolute atomic E-state index is 16.3. The number of primary amides is 1. The summed E-state index contributed by atoms with van der Waals surface area (Å²) in [6.45, 7) is 2.55. The summed E-state index contributed by atoms with van der Waals surface area (Å²) < 4.78 is 59.6. The third-order valence-corrected chi connectivity index (χ3v) is 7.75. The lowest BCUT2D eigenvalue weighted by atomic mass is 9.82. The Morgan fingerprint density at radius 2 is 1.86 bits per heavy atom. The van der Waals surface area contributed by atoms with E-state index in [9.17, 15) is 32.7 Å². The summed E-state index contributed by atoms with van der Waals surface area (Å²) >= 11 is 0. The van der Waals surface area contributed by atoms with Gasteiger partial charge in [0.15, 0.2) is 17.6 Å². The number of fused-ring (bicyclic) bond motifs is 5. The number of nitrogens with two attached hydrogens (primary N) is 1. The molecule has 1 aromatic carbocycles. The van der Waals surface area contributed by atoms with Crippen LogP contribution < -0.4 is 11.2 Å². The van der Waals surface area contributed by atoms with Crippen molar-refractivity contribution < 1.29 is 37.1 Å². The lowest BCUT2D eigenvalue weighted by molar-refractivity contribution is -0.230. The summed E-state index contributed by atoms with van der Waals surface area (Å²) in [6.07, 6.45) is -0.432. The number of hydrogen-bond acceptors (Lipinski definition) is 6. The second-order valence-electron chi connectivity index (χ2n) is 9.81. The van der Waals surface area contributed by atoms with E-state index in [0.29, 0.717) is 12.1 Å². The molecule has 0 radical (unpaired) electrons. The van der Waals surface area contributed by atoms with Gasteiger partial charge in [0.1, 0.15) is 28.6 Å². The first kappa shape index (κ1) is 25.2. The largest absolute Gasteiger partial charge is 0.503 e. The molecule has 13 heteroatoms. The van der Waals surface area contributed by atoms with Gasteiger partial charge in [0.05, 0.1) is 18.6 Å². The van der Waals surface area contributed by atoms with Gasteiger partial charge in [0.25, 0.3) is 11.8 Å². The summed E-state index contributed by atoms with van der Waals surface area (Å²) in [6, 6.07) is -1.47. The number of benzene rings is 1. The first-order valence-electron chi connectivity index (χ1n) is 11.7. The van der Waals surface area contributed by atoms with Crippen molar-refractivity contribution in [3.8, 4) is 5.75 Å². The fourth-order valence-corrected chi connectivity index (χ4v) is 5.66. The molecule has 3 aliphatic heterocycles. The molecule has 2 saturated heterocycles. The highest BCUT2D eigenvalue weighted by molar-refractivity contribution is 5.99. The van der Waals surface area contributed by atoms with E-state index in [-0.39, 0.29) is 19.4 Å². The summed E-state index contributed by atoms with van der Waals surface area (Å²) in [5, 5.41) is 11.7. The minimum Gasteiger partial charge on any atom is -0.503 e. The summed E-state index contributed by atoms with van der Waals surface area (Å²) in [7, 11) is 0. The van der Waals surface area contributed by atoms with Crippen molar-refractivity contribution in [1.29, 1.82) is 0 Å². The Morgan fingerprint density at radius 1 is 1.22 bits per heavy atom. The van der Waals surface area contributed by atoms with Crippen molar-refractivity contribution in [3.05, 3.63) is 62.8 Å². The highest BCUT2D eigenvalue weighted by Gasteiger charge is 2.62. The molecule has 2 amide bonds. The second-order valence-corrected chi connectivity index (χ2v) is 9.81. The molecule has 2 aromatic rings. The van der Waals surface area contributed by atoms with Crippen LogP contribution in [0, 0.1) is 17.5 Å². The summed E-state index contributed by atoms with van der Waals surface area (Å²) in [5.41, 5.74) is 0.924. The number of aromatic hydroxyl groups is 1. The molecule has 198 valence electrons. The van der Waals surface area contributed by atoms with Crippen LogP contribution in [0.3, 0.4) is 0 Å². The lowest BCUT2D eigenvalue weighted by Gasteiger charge is -2.43. The number of alkyl halides is 1. The molecule has 1 unspecified atom stereocenters. The zero-order chi connectivity index (χ0) is 27.0. The Kier molecular flexibility index (Phi) is 5.83. The number of carbonyl (C=O) groups excluding carboxylic acids is 2. The zero-order valence-corrected chi connectivity index (χ0v) is 19.9. The number of pyridine rings is 1. The van der Waals surface area contributed by atoms with Crippen LogP contribution in [0.4, 0.5) is 17.6 Å². The molecule has 1 spiro atoms. The average molecular weight is 524 g/mol. The number of hydrogen-bond donors (Lipinski definition) is 2. The molecule has 5 rings (SSSR count). The smallest absolute Gasteiger partial charge is 0.274 e. The molecule has 4 heterocycles. The fraction of sp³-hybridized carbons (Fsp3) is 0.458. The number of amides is 2. The third-order valence-electron chi connectivity index (χ3n) is 7.75. The number of carbonyl (C=O) groups is 2. The van der Waals surface area contributed by atoms with Crippen LogP contribution in [0.2, 0.25) is 0 Å². The molecule has 5 atom stereocenters. The Balaban J connectivity index is 1.64. The van der Waals surface area contributed by atoms with E-state index in [1.54, 1.807) is 6.92 Å². The van der Waals surface area contributed by atoms with E-state index >= 15 is 4.39 Å². The van der Waals surface area contributed by atoms with E-state index in [0.717, 1.165) is 15.8 Å². The van der Waals surface area contributed by atoms with Crippen molar-refractivity contribution >= 4 is 11.8 Å². The van der Waals surface area contributed by atoms with E-state index in [1.165, 1.54) is 11.8 Å². The maximum Gasteiger partial charge on any atom is 0.274 e. The van der Waals surface area contributed by atoms with Gasteiger partial charge in [0.2, 0.25) is 5.43 Å². The quantitative estimate of drug-likeness (QED) is 0.595. The number of rotatable bonds is 3. The van der Waals surface area contributed by atoms with E-state index in [2.05, 4.69) is 0 Å². The van der Waals surface area contributed by atoms with Crippen LogP contribution in [0.25, 0.3) is 0 Å².